The molecule has 0 saturated heterocycles. The number of benzene rings is 2. The fraction of sp³-hybridized carbons (Fsp3) is 0.316. The summed E-state index contributed by atoms with van der Waals surface area (Å²) in [7, 11) is 4.33. The van der Waals surface area contributed by atoms with Crippen molar-refractivity contribution in [2.45, 2.75) is 19.9 Å². The summed E-state index contributed by atoms with van der Waals surface area (Å²) in [6.45, 7) is 5.01. The summed E-state index contributed by atoms with van der Waals surface area (Å²) in [5, 5.41) is 7.33. The van der Waals surface area contributed by atoms with E-state index in [2.05, 4.69) is 75.0 Å². The third-order valence-electron chi connectivity index (χ3n) is 4.22. The molecule has 1 atom stereocenters. The van der Waals surface area contributed by atoms with Crippen molar-refractivity contribution in [2.75, 3.05) is 26.0 Å². The molecular weight excluding hydrogens is 302 g/mol. The highest BCUT2D eigenvalue weighted by molar-refractivity contribution is 7.80. The zero-order chi connectivity index (χ0) is 16.8. The Bertz CT molecular complexity index is 653. The van der Waals surface area contributed by atoms with Gasteiger partial charge in [-0.3, -0.25) is 0 Å². The largest absolute Gasteiger partial charge is 0.356 e. The van der Waals surface area contributed by atoms with Crippen LogP contribution in [-0.4, -0.2) is 25.8 Å². The molecule has 3 N–H and O–H groups in total. The Balaban J connectivity index is 1.98. The minimum atomic E-state index is 0.356. The van der Waals surface area contributed by atoms with Crippen LogP contribution in [0.4, 0.5) is 5.69 Å². The van der Waals surface area contributed by atoms with Gasteiger partial charge in [-0.25, -0.2) is 0 Å². The number of rotatable bonds is 5. The summed E-state index contributed by atoms with van der Waals surface area (Å²) < 4.78 is 0. The van der Waals surface area contributed by atoms with Gasteiger partial charge in [-0.15, -0.1) is 0 Å². The number of nitrogens with one attached hydrogen (secondary N) is 3. The molecule has 0 fully saturated rings. The number of quaternary nitrogens is 1. The Morgan fingerprint density at radius 3 is 2.39 bits per heavy atom. The first kappa shape index (κ1) is 17.4. The van der Waals surface area contributed by atoms with Gasteiger partial charge in [0.25, 0.3) is 0 Å². The zero-order valence-electron chi connectivity index (χ0n) is 14.3. The third kappa shape index (κ3) is 4.78. The fourth-order valence-corrected chi connectivity index (χ4v) is 2.78. The van der Waals surface area contributed by atoms with Gasteiger partial charge in [0, 0.05) is 11.3 Å². The van der Waals surface area contributed by atoms with Crippen molar-refractivity contribution >= 4 is 23.0 Å². The van der Waals surface area contributed by atoms with Gasteiger partial charge in [-0.05, 0) is 43.3 Å². The predicted molar refractivity (Wildman–Crippen MR) is 102 cm³/mol. The zero-order valence-corrected chi connectivity index (χ0v) is 15.1. The van der Waals surface area contributed by atoms with Gasteiger partial charge in [0.2, 0.25) is 0 Å². The summed E-state index contributed by atoms with van der Waals surface area (Å²) in [5.74, 6) is 0. The number of hydrogen-bond acceptors (Lipinski definition) is 1. The number of aryl methyl sites for hydroxylation is 1. The molecule has 2 aromatic carbocycles. The van der Waals surface area contributed by atoms with E-state index in [4.69, 9.17) is 12.2 Å². The molecule has 122 valence electrons. The first-order chi connectivity index (χ1) is 11.0. The number of anilines is 1. The van der Waals surface area contributed by atoms with Crippen molar-refractivity contribution in [3.05, 3.63) is 65.2 Å². The van der Waals surface area contributed by atoms with Crippen LogP contribution in [-0.2, 0) is 0 Å². The monoisotopic (exact) mass is 328 g/mol. The quantitative estimate of drug-likeness (QED) is 0.737. The Morgan fingerprint density at radius 1 is 1.04 bits per heavy atom. The number of thiocarbonyl (C=S) groups is 1. The predicted octanol–water partition coefficient (Wildman–Crippen LogP) is 2.48. The lowest BCUT2D eigenvalue weighted by molar-refractivity contribution is -0.890. The third-order valence-corrected chi connectivity index (χ3v) is 4.46. The Hall–Kier alpha value is -1.91. The topological polar surface area (TPSA) is 28.5 Å². The Labute approximate surface area is 144 Å². The average molecular weight is 329 g/mol. The van der Waals surface area contributed by atoms with Crippen LogP contribution < -0.4 is 15.5 Å². The number of hydrogen-bond donors (Lipinski definition) is 3. The van der Waals surface area contributed by atoms with E-state index in [0.29, 0.717) is 11.2 Å². The molecule has 0 spiro atoms. The van der Waals surface area contributed by atoms with Gasteiger partial charge >= 0.3 is 0 Å². The number of likely N-dealkylation sites (N-methyl/N-ethyl adjacent to an activating group) is 1. The summed E-state index contributed by atoms with van der Waals surface area (Å²) in [5.41, 5.74) is 4.87. The van der Waals surface area contributed by atoms with E-state index in [1.54, 1.807) is 0 Å². The average Bonchev–Trinajstić information content (AvgIpc) is 2.53. The van der Waals surface area contributed by atoms with Crippen LogP contribution in [0.15, 0.2) is 48.5 Å². The highest BCUT2D eigenvalue weighted by Gasteiger charge is 2.17. The van der Waals surface area contributed by atoms with Crippen LogP contribution in [0.1, 0.15) is 22.7 Å². The standard InChI is InChI=1S/C19H25N3S/c1-14-9-8-12-17(15(14)2)21-19(23)20-13-18(22(3)4)16-10-6-5-7-11-16/h5-12,18H,13H2,1-4H3,(H2,20,21,23)/p+1/t18-/m1/s1. The molecule has 0 bridgehead atoms. The van der Waals surface area contributed by atoms with E-state index in [-0.39, 0.29) is 0 Å². The first-order valence-corrected chi connectivity index (χ1v) is 8.36. The minimum absolute atomic E-state index is 0.356. The summed E-state index contributed by atoms with van der Waals surface area (Å²) in [4.78, 5) is 1.37. The van der Waals surface area contributed by atoms with Crippen molar-refractivity contribution in [2.24, 2.45) is 0 Å². The summed E-state index contributed by atoms with van der Waals surface area (Å²) in [6.07, 6.45) is 0. The maximum Gasteiger partial charge on any atom is 0.171 e. The normalized spacial score (nSPS) is 12.0. The first-order valence-electron chi connectivity index (χ1n) is 7.95. The van der Waals surface area contributed by atoms with Gasteiger partial charge in [0.1, 0.15) is 6.04 Å². The van der Waals surface area contributed by atoms with Crippen molar-refractivity contribution < 1.29 is 4.90 Å². The highest BCUT2D eigenvalue weighted by atomic mass is 32.1. The fourth-order valence-electron chi connectivity index (χ4n) is 2.59. The van der Waals surface area contributed by atoms with Crippen LogP contribution in [0.25, 0.3) is 0 Å². The molecular formula is C19H26N3S+. The van der Waals surface area contributed by atoms with Crippen LogP contribution >= 0.6 is 12.2 Å². The molecule has 0 saturated carbocycles. The molecule has 0 aromatic heterocycles. The van der Waals surface area contributed by atoms with E-state index in [1.165, 1.54) is 21.6 Å². The smallest absolute Gasteiger partial charge is 0.171 e. The molecule has 23 heavy (non-hydrogen) atoms. The van der Waals surface area contributed by atoms with E-state index >= 15 is 0 Å². The lowest BCUT2D eigenvalue weighted by atomic mass is 10.1. The molecule has 3 nitrogen and oxygen atoms in total. The SMILES string of the molecule is Cc1cccc(NC(=S)NC[C@H](c2ccccc2)[NH+](C)C)c1C. The summed E-state index contributed by atoms with van der Waals surface area (Å²) >= 11 is 5.46. The van der Waals surface area contributed by atoms with Crippen LogP contribution in [0, 0.1) is 13.8 Å². The Kier molecular flexibility index (Phi) is 6.13. The maximum absolute atomic E-state index is 5.46. The van der Waals surface area contributed by atoms with E-state index < -0.39 is 0 Å². The van der Waals surface area contributed by atoms with E-state index in [9.17, 15) is 0 Å². The van der Waals surface area contributed by atoms with E-state index in [0.717, 1.165) is 12.2 Å². The van der Waals surface area contributed by atoms with Crippen molar-refractivity contribution in [3.63, 3.8) is 0 Å². The minimum Gasteiger partial charge on any atom is -0.356 e. The van der Waals surface area contributed by atoms with Gasteiger partial charge in [0.15, 0.2) is 5.11 Å². The molecule has 0 radical (unpaired) electrons. The van der Waals surface area contributed by atoms with Crippen LogP contribution in [0.5, 0.6) is 0 Å². The molecule has 0 aliphatic carbocycles. The lowest BCUT2D eigenvalue weighted by Gasteiger charge is -2.23. The molecule has 0 amide bonds. The maximum atomic E-state index is 5.46. The van der Waals surface area contributed by atoms with Gasteiger partial charge < -0.3 is 15.5 Å². The molecule has 2 aromatic rings. The molecule has 2 rings (SSSR count). The molecule has 0 aliphatic heterocycles. The molecule has 0 heterocycles. The second kappa shape index (κ2) is 8.09. The van der Waals surface area contributed by atoms with Gasteiger partial charge in [0.05, 0.1) is 20.6 Å². The lowest BCUT2D eigenvalue weighted by Crippen LogP contribution is -3.07. The Morgan fingerprint density at radius 2 is 1.74 bits per heavy atom. The molecule has 0 unspecified atom stereocenters. The van der Waals surface area contributed by atoms with Crippen molar-refractivity contribution in [1.29, 1.82) is 0 Å². The summed E-state index contributed by atoms with van der Waals surface area (Å²) in [6, 6.07) is 17.1. The van der Waals surface area contributed by atoms with Crippen molar-refractivity contribution in [3.8, 4) is 0 Å². The second-order valence-corrected chi connectivity index (χ2v) is 6.53. The van der Waals surface area contributed by atoms with Crippen LogP contribution in [0.2, 0.25) is 0 Å². The van der Waals surface area contributed by atoms with Crippen LogP contribution in [0.3, 0.4) is 0 Å². The second-order valence-electron chi connectivity index (χ2n) is 6.12. The van der Waals surface area contributed by atoms with Gasteiger partial charge in [-0.1, -0.05) is 42.5 Å². The molecule has 0 aliphatic rings. The van der Waals surface area contributed by atoms with Gasteiger partial charge in [-0.2, -0.15) is 0 Å². The van der Waals surface area contributed by atoms with E-state index in [1.807, 2.05) is 12.1 Å². The highest BCUT2D eigenvalue weighted by Crippen LogP contribution is 2.17. The van der Waals surface area contributed by atoms with Crippen molar-refractivity contribution in [1.82, 2.24) is 5.32 Å². The molecule has 4 heteroatoms.